The lowest BCUT2D eigenvalue weighted by molar-refractivity contribution is -0.284. The molecule has 44 heavy (non-hydrogen) atoms. The van der Waals surface area contributed by atoms with Crippen molar-refractivity contribution in [2.75, 3.05) is 31.6 Å². The summed E-state index contributed by atoms with van der Waals surface area (Å²) in [5.74, 6) is -3.84. The van der Waals surface area contributed by atoms with Crippen LogP contribution in [-0.2, 0) is 22.0 Å². The molecule has 1 aromatic carbocycles. The van der Waals surface area contributed by atoms with E-state index in [1.165, 1.54) is 0 Å². The normalized spacial score (nSPS) is 29.4. The van der Waals surface area contributed by atoms with Gasteiger partial charge in [-0.15, -0.1) is 0 Å². The van der Waals surface area contributed by atoms with E-state index in [1.54, 1.807) is 12.1 Å². The molecule has 0 radical (unpaired) electrons. The van der Waals surface area contributed by atoms with Crippen LogP contribution in [0.2, 0.25) is 0 Å². The summed E-state index contributed by atoms with van der Waals surface area (Å²) in [6.07, 6.45) is -0.377. The maximum absolute atomic E-state index is 15.9. The summed E-state index contributed by atoms with van der Waals surface area (Å²) in [7, 11) is 0.535. The molecule has 0 amide bonds. The zero-order valence-electron chi connectivity index (χ0n) is 25.8. The van der Waals surface area contributed by atoms with E-state index in [9.17, 15) is 36.1 Å². The highest BCUT2D eigenvalue weighted by atomic mass is 32.2. The smallest absolute Gasteiger partial charge is 0.453 e. The van der Waals surface area contributed by atoms with E-state index < -0.39 is 47.3 Å². The summed E-state index contributed by atoms with van der Waals surface area (Å²) in [5, 5.41) is 10.1. The highest BCUT2D eigenvalue weighted by Gasteiger charge is 2.60. The van der Waals surface area contributed by atoms with Crippen LogP contribution in [0.5, 0.6) is 5.75 Å². The highest BCUT2D eigenvalue weighted by Crippen LogP contribution is 2.62. The van der Waals surface area contributed by atoms with E-state index in [4.69, 9.17) is 0 Å². The second-order valence-electron chi connectivity index (χ2n) is 13.7. The number of benzene rings is 1. The summed E-state index contributed by atoms with van der Waals surface area (Å²) >= 11 is 0. The third-order valence-corrected chi connectivity index (χ3v) is 12.1. The van der Waals surface area contributed by atoms with Crippen molar-refractivity contribution in [3.63, 3.8) is 0 Å². The highest BCUT2D eigenvalue weighted by molar-refractivity contribution is 7.84. The van der Waals surface area contributed by atoms with Crippen molar-refractivity contribution in [1.29, 1.82) is 0 Å². The number of Topliss-reactive ketones (excluding diaryl/α,β-unsaturated/α-hetero) is 1. The summed E-state index contributed by atoms with van der Waals surface area (Å²) in [6.45, 7) is 3.50. The van der Waals surface area contributed by atoms with Crippen LogP contribution >= 0.6 is 0 Å². The van der Waals surface area contributed by atoms with Crippen molar-refractivity contribution < 1.29 is 40.5 Å². The van der Waals surface area contributed by atoms with Gasteiger partial charge < -0.3 is 10.0 Å². The zero-order chi connectivity index (χ0) is 32.3. The molecule has 11 heteroatoms. The lowest BCUT2D eigenvalue weighted by Crippen LogP contribution is -2.50. The van der Waals surface area contributed by atoms with Crippen molar-refractivity contribution in [2.45, 2.75) is 108 Å². The monoisotopic (exact) mass is 651 g/mol. The first-order valence-corrected chi connectivity index (χ1v) is 17.6. The first-order valence-electron chi connectivity index (χ1n) is 16.1. The molecule has 4 nitrogen and oxygen atoms in total. The molecule has 3 aliphatic carbocycles. The summed E-state index contributed by atoms with van der Waals surface area (Å²) in [6, 6.07) is 5.33. The largest absolute Gasteiger partial charge is 0.508 e. The second kappa shape index (κ2) is 14.4. The minimum absolute atomic E-state index is 0.130. The molecule has 7 atom stereocenters. The van der Waals surface area contributed by atoms with Gasteiger partial charge in [0.1, 0.15) is 17.7 Å². The van der Waals surface area contributed by atoms with Crippen LogP contribution in [0.25, 0.3) is 0 Å². The number of phenolic OH excluding ortho intramolecular Hbond substituents is 1. The van der Waals surface area contributed by atoms with Gasteiger partial charge in [0, 0.05) is 46.5 Å². The number of nitrogens with zero attached hydrogens (tertiary/aromatic N) is 1. The second-order valence-corrected chi connectivity index (χ2v) is 15.4. The van der Waals surface area contributed by atoms with Gasteiger partial charge >= 0.3 is 12.1 Å². The molecule has 1 unspecified atom stereocenters. The molecule has 2 fully saturated rings. The van der Waals surface area contributed by atoms with E-state index in [0.717, 1.165) is 62.6 Å². The van der Waals surface area contributed by atoms with Gasteiger partial charge in [-0.1, -0.05) is 32.3 Å². The molecule has 250 valence electrons. The molecule has 1 aromatic rings. The Morgan fingerprint density at radius 2 is 1.70 bits per heavy atom. The standard InChI is InChI=1S/C33H47F6NO3S/c1-31-21-27(34)30-25-11-10-24(41)20-23(25)19-22(29(30)26(31)12-13-28(31)42)9-5-3-4-6-15-40(2)16-8-18-44(43)17-7-14-32(35,36)33(37,38)39/h10-11,20,22,26-27,29-30,41H,3-9,12-19,21H2,1-2H3/t22-,26+,27+,29+,30+,31+,44?/m1/s1. The first-order chi connectivity index (χ1) is 20.6. The van der Waals surface area contributed by atoms with Gasteiger partial charge in [0.05, 0.1) is 0 Å². The third kappa shape index (κ3) is 8.02. The van der Waals surface area contributed by atoms with Crippen LogP contribution < -0.4 is 0 Å². The van der Waals surface area contributed by atoms with Gasteiger partial charge in [-0.2, -0.15) is 22.0 Å². The van der Waals surface area contributed by atoms with E-state index in [0.29, 0.717) is 19.4 Å². The van der Waals surface area contributed by atoms with Gasteiger partial charge in [-0.25, -0.2) is 4.39 Å². The molecule has 2 saturated carbocycles. The Morgan fingerprint density at radius 3 is 2.43 bits per heavy atom. The fourth-order valence-electron chi connectivity index (χ4n) is 8.28. The molecule has 0 aliphatic heterocycles. The number of hydrogen-bond donors (Lipinski definition) is 1. The van der Waals surface area contributed by atoms with Crippen LogP contribution in [0.3, 0.4) is 0 Å². The third-order valence-electron chi connectivity index (χ3n) is 10.6. The van der Waals surface area contributed by atoms with Gasteiger partial charge in [-0.05, 0) is 106 Å². The number of carbonyl (C=O) groups is 1. The Balaban J connectivity index is 1.18. The van der Waals surface area contributed by atoms with Crippen molar-refractivity contribution >= 4 is 16.6 Å². The van der Waals surface area contributed by atoms with Crippen LogP contribution in [0, 0.1) is 23.2 Å². The average molecular weight is 652 g/mol. The Labute approximate surface area is 259 Å². The molecule has 0 aromatic heterocycles. The lowest BCUT2D eigenvalue weighted by Gasteiger charge is -2.53. The van der Waals surface area contributed by atoms with Crippen molar-refractivity contribution in [1.82, 2.24) is 4.90 Å². The predicted molar refractivity (Wildman–Crippen MR) is 160 cm³/mol. The molecule has 0 bridgehead atoms. The predicted octanol–water partition coefficient (Wildman–Crippen LogP) is 7.99. The molecular weight excluding hydrogens is 604 g/mol. The molecular formula is C33H47F6NO3S. The number of hydrogen-bond acceptors (Lipinski definition) is 4. The maximum atomic E-state index is 15.9. The molecule has 0 heterocycles. The average Bonchev–Trinajstić information content (AvgIpc) is 3.22. The van der Waals surface area contributed by atoms with Crippen molar-refractivity contribution in [2.24, 2.45) is 23.2 Å². The number of aromatic hydroxyl groups is 1. The van der Waals surface area contributed by atoms with E-state index in [1.807, 2.05) is 20.0 Å². The Bertz CT molecular complexity index is 1160. The molecule has 1 N–H and O–H groups in total. The van der Waals surface area contributed by atoms with E-state index in [2.05, 4.69) is 4.90 Å². The SMILES string of the molecule is CN(CCCCCC[C@@H]1Cc2cc(O)ccc2[C@@H]2[C@@H]1[C@@H]1CCC(=O)[C@@]1(C)C[C@@H]2F)CCCS(=O)CCCC(F)(F)C(F)(F)F. The van der Waals surface area contributed by atoms with E-state index >= 15 is 4.39 Å². The minimum atomic E-state index is -5.57. The van der Waals surface area contributed by atoms with Crippen molar-refractivity contribution in [3.05, 3.63) is 29.3 Å². The minimum Gasteiger partial charge on any atom is -0.508 e. The maximum Gasteiger partial charge on any atom is 0.453 e. The number of alkyl halides is 6. The molecule has 4 rings (SSSR count). The van der Waals surface area contributed by atoms with Gasteiger partial charge in [-0.3, -0.25) is 9.00 Å². The number of fused-ring (bicyclic) bond motifs is 5. The Hall–Kier alpha value is -1.62. The first kappa shape index (κ1) is 35.2. The van der Waals surface area contributed by atoms with Crippen LogP contribution in [0.15, 0.2) is 18.2 Å². The summed E-state index contributed by atoms with van der Waals surface area (Å²) in [4.78, 5) is 15.0. The number of carbonyl (C=O) groups excluding carboxylic acids is 1. The number of ketones is 1. The summed E-state index contributed by atoms with van der Waals surface area (Å²) < 4.78 is 90.6. The quantitative estimate of drug-likeness (QED) is 0.154. The number of rotatable bonds is 15. The van der Waals surface area contributed by atoms with Crippen LogP contribution in [0.1, 0.15) is 94.6 Å². The van der Waals surface area contributed by atoms with Crippen LogP contribution in [0.4, 0.5) is 26.3 Å². The van der Waals surface area contributed by atoms with Crippen LogP contribution in [-0.4, -0.2) is 69.9 Å². The Morgan fingerprint density at radius 1 is 1.02 bits per heavy atom. The zero-order valence-corrected chi connectivity index (χ0v) is 26.6. The lowest BCUT2D eigenvalue weighted by atomic mass is 9.51. The van der Waals surface area contributed by atoms with Crippen molar-refractivity contribution in [3.8, 4) is 5.75 Å². The fraction of sp³-hybridized carbons (Fsp3) is 0.788. The fourth-order valence-corrected chi connectivity index (χ4v) is 9.40. The number of unbranched alkanes of at least 4 members (excludes halogenated alkanes) is 3. The Kier molecular flexibility index (Phi) is 11.6. The molecule has 0 spiro atoms. The molecule has 3 aliphatic rings. The number of halogens is 6. The number of phenols is 1. The molecule has 0 saturated heterocycles. The van der Waals surface area contributed by atoms with Gasteiger partial charge in [0.2, 0.25) is 0 Å². The topological polar surface area (TPSA) is 57.6 Å². The van der Waals surface area contributed by atoms with E-state index in [-0.39, 0.29) is 53.1 Å². The summed E-state index contributed by atoms with van der Waals surface area (Å²) in [5.41, 5.74) is 1.47. The van der Waals surface area contributed by atoms with Gasteiger partial charge in [0.15, 0.2) is 0 Å². The van der Waals surface area contributed by atoms with Gasteiger partial charge in [0.25, 0.3) is 0 Å².